The minimum atomic E-state index is 0.285. The van der Waals surface area contributed by atoms with Crippen molar-refractivity contribution in [1.29, 1.82) is 0 Å². The molecule has 1 saturated carbocycles. The van der Waals surface area contributed by atoms with Crippen LogP contribution in [-0.4, -0.2) is 15.9 Å². The van der Waals surface area contributed by atoms with Crippen LogP contribution < -0.4 is 10.5 Å². The van der Waals surface area contributed by atoms with Gasteiger partial charge in [-0.15, -0.1) is 0 Å². The molecular weight excluding hydrogens is 226 g/mol. The second-order valence-corrected chi connectivity index (χ2v) is 5.78. The molecule has 0 saturated heterocycles. The minimum absolute atomic E-state index is 0.285. The van der Waals surface area contributed by atoms with Gasteiger partial charge >= 0.3 is 0 Å². The first-order valence-electron chi connectivity index (χ1n) is 7.00. The van der Waals surface area contributed by atoms with Crippen LogP contribution in [0.3, 0.4) is 0 Å². The van der Waals surface area contributed by atoms with Gasteiger partial charge in [-0.25, -0.2) is 4.68 Å². The van der Waals surface area contributed by atoms with E-state index in [1.807, 2.05) is 11.6 Å². The molecule has 2 N–H and O–H groups in total. The van der Waals surface area contributed by atoms with Gasteiger partial charge in [-0.3, -0.25) is 0 Å². The van der Waals surface area contributed by atoms with Gasteiger partial charge in [0.2, 0.25) is 5.88 Å². The normalized spacial score (nSPS) is 28.3. The first-order chi connectivity index (χ1) is 8.51. The summed E-state index contributed by atoms with van der Waals surface area (Å²) in [6.45, 7) is 9.39. The lowest BCUT2D eigenvalue weighted by molar-refractivity contribution is 0.0922. The molecule has 0 radical (unpaired) electrons. The van der Waals surface area contributed by atoms with Gasteiger partial charge in [0, 0.05) is 6.54 Å². The first kappa shape index (κ1) is 13.2. The second-order valence-electron chi connectivity index (χ2n) is 5.78. The predicted octanol–water partition coefficient (Wildman–Crippen LogP) is 3.00. The van der Waals surface area contributed by atoms with Gasteiger partial charge in [0.25, 0.3) is 0 Å². The molecule has 2 unspecified atom stereocenters. The molecule has 1 aliphatic rings. The van der Waals surface area contributed by atoms with Crippen molar-refractivity contribution >= 4 is 5.69 Å². The lowest BCUT2D eigenvalue weighted by Gasteiger charge is -2.31. The summed E-state index contributed by atoms with van der Waals surface area (Å²) in [6, 6.07) is 0. The number of nitrogens with zero attached hydrogens (tertiary/aromatic N) is 2. The fourth-order valence-electron chi connectivity index (χ4n) is 3.04. The van der Waals surface area contributed by atoms with E-state index in [4.69, 9.17) is 10.5 Å². The summed E-state index contributed by atoms with van der Waals surface area (Å²) in [5.41, 5.74) is 7.62. The van der Waals surface area contributed by atoms with Crippen LogP contribution in [0.2, 0.25) is 0 Å². The Kier molecular flexibility index (Phi) is 3.83. The Hall–Kier alpha value is -1.19. The van der Waals surface area contributed by atoms with E-state index < -0.39 is 0 Å². The number of hydrogen-bond acceptors (Lipinski definition) is 3. The Morgan fingerprint density at radius 1 is 1.28 bits per heavy atom. The molecule has 1 heterocycles. The van der Waals surface area contributed by atoms with Crippen molar-refractivity contribution in [3.63, 3.8) is 0 Å². The molecule has 4 nitrogen and oxygen atoms in total. The smallest absolute Gasteiger partial charge is 0.236 e. The van der Waals surface area contributed by atoms with E-state index >= 15 is 0 Å². The zero-order valence-corrected chi connectivity index (χ0v) is 11.9. The summed E-state index contributed by atoms with van der Waals surface area (Å²) in [7, 11) is 0. The van der Waals surface area contributed by atoms with Crippen LogP contribution in [-0.2, 0) is 6.54 Å². The maximum Gasteiger partial charge on any atom is 0.236 e. The van der Waals surface area contributed by atoms with Crippen LogP contribution in [0, 0.1) is 18.8 Å². The van der Waals surface area contributed by atoms with Crippen LogP contribution >= 0.6 is 0 Å². The van der Waals surface area contributed by atoms with E-state index in [0.717, 1.165) is 42.8 Å². The van der Waals surface area contributed by atoms with Gasteiger partial charge in [-0.1, -0.05) is 13.8 Å². The highest BCUT2D eigenvalue weighted by Crippen LogP contribution is 2.33. The maximum absolute atomic E-state index is 6.15. The van der Waals surface area contributed by atoms with Gasteiger partial charge < -0.3 is 10.5 Å². The molecule has 1 aliphatic carbocycles. The van der Waals surface area contributed by atoms with E-state index in [2.05, 4.69) is 25.9 Å². The maximum atomic E-state index is 6.15. The summed E-state index contributed by atoms with van der Waals surface area (Å²) in [5.74, 6) is 2.24. The molecule has 2 atom stereocenters. The predicted molar refractivity (Wildman–Crippen MR) is 73.6 cm³/mol. The lowest BCUT2D eigenvalue weighted by Crippen LogP contribution is -2.29. The van der Waals surface area contributed by atoms with E-state index in [1.165, 1.54) is 6.42 Å². The summed E-state index contributed by atoms with van der Waals surface area (Å²) in [4.78, 5) is 0. The highest BCUT2D eigenvalue weighted by Gasteiger charge is 2.27. The van der Waals surface area contributed by atoms with Crippen LogP contribution in [0.15, 0.2) is 0 Å². The van der Waals surface area contributed by atoms with E-state index in [0.29, 0.717) is 5.69 Å². The zero-order valence-electron chi connectivity index (χ0n) is 11.9. The van der Waals surface area contributed by atoms with Gasteiger partial charge in [-0.05, 0) is 44.9 Å². The molecule has 102 valence electrons. The number of hydrogen-bond donors (Lipinski definition) is 1. The van der Waals surface area contributed by atoms with E-state index in [-0.39, 0.29) is 6.10 Å². The zero-order chi connectivity index (χ0) is 13.3. The minimum Gasteiger partial charge on any atom is -0.473 e. The molecule has 18 heavy (non-hydrogen) atoms. The molecule has 0 bridgehead atoms. The van der Waals surface area contributed by atoms with Crippen molar-refractivity contribution in [2.45, 2.75) is 59.6 Å². The third kappa shape index (κ3) is 2.62. The van der Waals surface area contributed by atoms with Crippen molar-refractivity contribution in [2.24, 2.45) is 11.8 Å². The van der Waals surface area contributed by atoms with Crippen molar-refractivity contribution in [2.75, 3.05) is 5.73 Å². The molecule has 4 heteroatoms. The Balaban J connectivity index is 2.13. The molecular formula is C14H25N3O. The average Bonchev–Trinajstić information content (AvgIpc) is 2.55. The van der Waals surface area contributed by atoms with Crippen molar-refractivity contribution in [3.05, 3.63) is 5.69 Å². The van der Waals surface area contributed by atoms with Crippen LogP contribution in [0.1, 0.15) is 45.7 Å². The Bertz CT molecular complexity index is 403. The molecule has 1 aromatic rings. The number of aryl methyl sites for hydroxylation is 2. The van der Waals surface area contributed by atoms with Crippen molar-refractivity contribution in [1.82, 2.24) is 9.78 Å². The van der Waals surface area contributed by atoms with Crippen LogP contribution in [0.4, 0.5) is 5.69 Å². The molecule has 1 aromatic heterocycles. The summed E-state index contributed by atoms with van der Waals surface area (Å²) >= 11 is 0. The third-order valence-electron chi connectivity index (χ3n) is 3.84. The highest BCUT2D eigenvalue weighted by atomic mass is 16.5. The number of nitrogen functional groups attached to an aromatic ring is 1. The van der Waals surface area contributed by atoms with Gasteiger partial charge in [-0.2, -0.15) is 5.10 Å². The Labute approximate surface area is 110 Å². The summed E-state index contributed by atoms with van der Waals surface area (Å²) in [6.07, 6.45) is 3.84. The van der Waals surface area contributed by atoms with E-state index in [9.17, 15) is 0 Å². The Morgan fingerprint density at radius 3 is 2.44 bits per heavy atom. The van der Waals surface area contributed by atoms with E-state index in [1.54, 1.807) is 0 Å². The van der Waals surface area contributed by atoms with Gasteiger partial charge in [0.15, 0.2) is 0 Å². The largest absolute Gasteiger partial charge is 0.473 e. The van der Waals surface area contributed by atoms with Gasteiger partial charge in [0.05, 0.1) is 5.69 Å². The molecule has 0 spiro atoms. The summed E-state index contributed by atoms with van der Waals surface area (Å²) < 4.78 is 8.01. The van der Waals surface area contributed by atoms with Crippen LogP contribution in [0.25, 0.3) is 0 Å². The van der Waals surface area contributed by atoms with Gasteiger partial charge in [0.1, 0.15) is 11.8 Å². The number of nitrogens with two attached hydrogens (primary N) is 1. The number of anilines is 1. The highest BCUT2D eigenvalue weighted by molar-refractivity contribution is 5.52. The van der Waals surface area contributed by atoms with Crippen LogP contribution in [0.5, 0.6) is 5.88 Å². The average molecular weight is 251 g/mol. The lowest BCUT2D eigenvalue weighted by atomic mass is 9.82. The first-order valence-corrected chi connectivity index (χ1v) is 7.00. The quantitative estimate of drug-likeness (QED) is 0.898. The fraction of sp³-hybridized carbons (Fsp3) is 0.786. The topological polar surface area (TPSA) is 53.1 Å². The fourth-order valence-corrected chi connectivity index (χ4v) is 3.04. The number of rotatable bonds is 3. The second kappa shape index (κ2) is 5.21. The monoisotopic (exact) mass is 251 g/mol. The molecule has 1 fully saturated rings. The third-order valence-corrected chi connectivity index (χ3v) is 3.84. The number of ether oxygens (including phenoxy) is 1. The molecule has 2 rings (SSSR count). The molecule has 0 aliphatic heterocycles. The SMILES string of the molecule is CCn1nc(C)c(N)c1OC1CC(C)CC(C)C1. The summed E-state index contributed by atoms with van der Waals surface area (Å²) in [5, 5.41) is 4.40. The van der Waals surface area contributed by atoms with Crippen molar-refractivity contribution in [3.8, 4) is 5.88 Å². The Morgan fingerprint density at radius 2 is 1.89 bits per heavy atom. The van der Waals surface area contributed by atoms with Crippen molar-refractivity contribution < 1.29 is 4.74 Å². The number of aromatic nitrogens is 2. The molecule has 0 amide bonds. The standard InChI is InChI=1S/C14H25N3O/c1-5-17-14(13(15)11(4)16-17)18-12-7-9(2)6-10(3)8-12/h9-10,12H,5-8,15H2,1-4H3. The molecule has 0 aromatic carbocycles.